The van der Waals surface area contributed by atoms with Crippen LogP contribution in [0.5, 0.6) is 0 Å². The Hall–Kier alpha value is -2.41. The van der Waals surface area contributed by atoms with Crippen LogP contribution in [0.3, 0.4) is 0 Å². The van der Waals surface area contributed by atoms with Gasteiger partial charge in [-0.15, -0.1) is 0 Å². The number of rotatable bonds is 6. The van der Waals surface area contributed by atoms with Gasteiger partial charge in [0.15, 0.2) is 0 Å². The molecule has 1 aromatic rings. The van der Waals surface area contributed by atoms with Crippen molar-refractivity contribution in [2.45, 2.75) is 64.1 Å². The first kappa shape index (κ1) is 20.5. The number of fused-ring (bicyclic) bond motifs is 3. The number of carbonyl (C=O) groups is 2. The number of carbonyl (C=O) groups excluding carboxylic acids is 2. The molecule has 0 unspecified atom stereocenters. The molecule has 0 spiro atoms. The van der Waals surface area contributed by atoms with Crippen molar-refractivity contribution in [3.05, 3.63) is 39.8 Å². The molecule has 0 aromatic carbocycles. The molecule has 2 aliphatic carbocycles. The number of aromatic nitrogens is 1. The summed E-state index contributed by atoms with van der Waals surface area (Å²) in [6.07, 6.45) is 7.69. The molecule has 2 N–H and O–H groups in total. The summed E-state index contributed by atoms with van der Waals surface area (Å²) in [4.78, 5) is 41.4. The van der Waals surface area contributed by atoms with E-state index in [0.29, 0.717) is 25.4 Å². The monoisotopic (exact) mass is 425 g/mol. The van der Waals surface area contributed by atoms with E-state index >= 15 is 0 Å². The number of nitrogens with one attached hydrogen (secondary N) is 1. The zero-order valence-electron chi connectivity index (χ0n) is 18.0. The first-order chi connectivity index (χ1) is 15.0. The number of amides is 2. The van der Waals surface area contributed by atoms with E-state index in [1.54, 1.807) is 9.47 Å². The van der Waals surface area contributed by atoms with Crippen molar-refractivity contribution in [2.24, 2.45) is 17.8 Å². The zero-order valence-corrected chi connectivity index (χ0v) is 18.0. The van der Waals surface area contributed by atoms with Crippen LogP contribution < -0.4 is 10.9 Å². The first-order valence-corrected chi connectivity index (χ1v) is 11.7. The van der Waals surface area contributed by atoms with Crippen LogP contribution in [0, 0.1) is 17.8 Å². The summed E-state index contributed by atoms with van der Waals surface area (Å²) in [6, 6.07) is 2.83. The topological polar surface area (TPSA) is 91.6 Å². The lowest BCUT2D eigenvalue weighted by molar-refractivity contribution is -0.142. The van der Waals surface area contributed by atoms with Gasteiger partial charge in [0.2, 0.25) is 11.8 Å². The van der Waals surface area contributed by atoms with Crippen molar-refractivity contribution in [3.8, 4) is 0 Å². The fraction of sp³-hybridized carbons (Fsp3) is 0.625. The molecule has 7 heteroatoms. The van der Waals surface area contributed by atoms with Crippen LogP contribution in [-0.2, 0) is 16.1 Å². The number of likely N-dealkylation sites (tertiary alicyclic amines) is 1. The van der Waals surface area contributed by atoms with E-state index in [1.807, 2.05) is 19.1 Å². The fourth-order valence-corrected chi connectivity index (χ4v) is 5.88. The second kappa shape index (κ2) is 7.93. The predicted molar refractivity (Wildman–Crippen MR) is 116 cm³/mol. The Morgan fingerprint density at radius 1 is 1.26 bits per heavy atom. The van der Waals surface area contributed by atoms with Crippen molar-refractivity contribution < 1.29 is 14.7 Å². The lowest BCUT2D eigenvalue weighted by Gasteiger charge is -2.31. The fourth-order valence-electron chi connectivity index (χ4n) is 5.88. The summed E-state index contributed by atoms with van der Waals surface area (Å²) in [5, 5.41) is 13.1. The van der Waals surface area contributed by atoms with Gasteiger partial charge in [0.1, 0.15) is 6.04 Å². The Balaban J connectivity index is 1.56. The van der Waals surface area contributed by atoms with E-state index in [-0.39, 0.29) is 41.9 Å². The van der Waals surface area contributed by atoms with E-state index in [1.165, 1.54) is 0 Å². The van der Waals surface area contributed by atoms with E-state index in [9.17, 15) is 19.5 Å². The smallest absolute Gasteiger partial charge is 0.258 e. The van der Waals surface area contributed by atoms with Gasteiger partial charge in [-0.1, -0.05) is 6.08 Å². The minimum absolute atomic E-state index is 0.0131. The molecule has 1 aromatic heterocycles. The SMILES string of the molecule is CCNC(=O)[C@@H]1[C@@H](CO)[C@@H]2Cn3c(ccc(C4=CCCC4)c3=O)[C@@H]2N1C(=O)CC1CC1. The van der Waals surface area contributed by atoms with Gasteiger partial charge in [-0.05, 0) is 62.7 Å². The van der Waals surface area contributed by atoms with Gasteiger partial charge < -0.3 is 19.9 Å². The summed E-state index contributed by atoms with van der Waals surface area (Å²) in [5.41, 5.74) is 2.64. The van der Waals surface area contributed by atoms with Gasteiger partial charge in [-0.25, -0.2) is 0 Å². The van der Waals surface area contributed by atoms with Crippen molar-refractivity contribution in [1.29, 1.82) is 0 Å². The zero-order chi connectivity index (χ0) is 21.7. The third kappa shape index (κ3) is 3.34. The summed E-state index contributed by atoms with van der Waals surface area (Å²) in [7, 11) is 0. The van der Waals surface area contributed by atoms with Crippen molar-refractivity contribution >= 4 is 17.4 Å². The molecule has 4 atom stereocenters. The number of hydrogen-bond donors (Lipinski definition) is 2. The molecular weight excluding hydrogens is 394 g/mol. The largest absolute Gasteiger partial charge is 0.396 e. The second-order valence-electron chi connectivity index (χ2n) is 9.45. The number of aliphatic hydroxyl groups excluding tert-OH is 1. The van der Waals surface area contributed by atoms with Crippen LogP contribution in [-0.4, -0.2) is 45.6 Å². The average Bonchev–Trinajstić information content (AvgIpc) is 3.17. The molecule has 166 valence electrons. The highest BCUT2D eigenvalue weighted by atomic mass is 16.3. The number of nitrogens with zero attached hydrogens (tertiary/aromatic N) is 2. The third-order valence-corrected chi connectivity index (χ3v) is 7.53. The molecule has 2 fully saturated rings. The highest BCUT2D eigenvalue weighted by Crippen LogP contribution is 2.50. The maximum Gasteiger partial charge on any atom is 0.258 e. The minimum Gasteiger partial charge on any atom is -0.396 e. The average molecular weight is 426 g/mol. The minimum atomic E-state index is -0.688. The normalized spacial score (nSPS) is 29.0. The van der Waals surface area contributed by atoms with Gasteiger partial charge in [-0.2, -0.15) is 0 Å². The summed E-state index contributed by atoms with van der Waals surface area (Å²) in [6.45, 7) is 2.58. The maximum absolute atomic E-state index is 13.4. The summed E-state index contributed by atoms with van der Waals surface area (Å²) < 4.78 is 1.79. The van der Waals surface area contributed by atoms with Crippen molar-refractivity contribution in [2.75, 3.05) is 13.2 Å². The molecule has 3 heterocycles. The molecule has 0 bridgehead atoms. The molecule has 2 amide bonds. The lowest BCUT2D eigenvalue weighted by Crippen LogP contribution is -2.50. The molecule has 31 heavy (non-hydrogen) atoms. The highest BCUT2D eigenvalue weighted by molar-refractivity contribution is 5.89. The number of pyridine rings is 1. The van der Waals surface area contributed by atoms with Gasteiger partial charge in [0.25, 0.3) is 5.56 Å². The quantitative estimate of drug-likeness (QED) is 0.728. The predicted octanol–water partition coefficient (Wildman–Crippen LogP) is 1.84. The Morgan fingerprint density at radius 3 is 2.71 bits per heavy atom. The van der Waals surface area contributed by atoms with E-state index < -0.39 is 6.04 Å². The van der Waals surface area contributed by atoms with Crippen LogP contribution in [0.2, 0.25) is 0 Å². The number of aliphatic hydroxyl groups is 1. The third-order valence-electron chi connectivity index (χ3n) is 7.53. The van der Waals surface area contributed by atoms with Crippen LogP contribution >= 0.6 is 0 Å². The molecule has 7 nitrogen and oxygen atoms in total. The van der Waals surface area contributed by atoms with Crippen LogP contribution in [0.15, 0.2) is 23.0 Å². The Morgan fingerprint density at radius 2 is 2.06 bits per heavy atom. The van der Waals surface area contributed by atoms with Crippen LogP contribution in [0.1, 0.15) is 62.7 Å². The molecule has 2 aliphatic heterocycles. The maximum atomic E-state index is 13.4. The Kier molecular flexibility index (Phi) is 5.24. The summed E-state index contributed by atoms with van der Waals surface area (Å²) in [5.74, 6) is -0.362. The lowest BCUT2D eigenvalue weighted by atomic mass is 9.88. The Labute approximate surface area is 182 Å². The van der Waals surface area contributed by atoms with E-state index in [2.05, 4.69) is 11.4 Å². The van der Waals surface area contributed by atoms with Gasteiger partial charge in [0.05, 0.1) is 6.04 Å². The highest BCUT2D eigenvalue weighted by Gasteiger charge is 2.57. The van der Waals surface area contributed by atoms with E-state index in [0.717, 1.165) is 48.9 Å². The van der Waals surface area contributed by atoms with E-state index in [4.69, 9.17) is 0 Å². The molecule has 1 saturated heterocycles. The van der Waals surface area contributed by atoms with Crippen molar-refractivity contribution in [1.82, 2.24) is 14.8 Å². The molecule has 5 rings (SSSR count). The molecular formula is C24H31N3O4. The molecule has 0 radical (unpaired) electrons. The number of hydrogen-bond acceptors (Lipinski definition) is 4. The molecule has 4 aliphatic rings. The first-order valence-electron chi connectivity index (χ1n) is 11.7. The standard InChI is InChI=1S/C24H31N3O4/c1-2-25-23(30)22-18(13-28)17-12-26-19(21(17)27(22)20(29)11-14-7-8-14)10-9-16(24(26)31)15-5-3-4-6-15/h5,9-10,14,17-18,21-22,28H,2-4,6-8,11-13H2,1H3,(H,25,30)/t17-,18-,21+,22-/m0/s1. The second-order valence-corrected chi connectivity index (χ2v) is 9.45. The molecule has 1 saturated carbocycles. The summed E-state index contributed by atoms with van der Waals surface area (Å²) >= 11 is 0. The number of likely N-dealkylation sites (N-methyl/N-ethyl adjacent to an activating group) is 1. The van der Waals surface area contributed by atoms with Gasteiger partial charge >= 0.3 is 0 Å². The van der Waals surface area contributed by atoms with Gasteiger partial charge in [0, 0.05) is 49.2 Å². The Bertz CT molecular complexity index is 993. The van der Waals surface area contributed by atoms with Crippen molar-refractivity contribution in [3.63, 3.8) is 0 Å². The van der Waals surface area contributed by atoms with Crippen LogP contribution in [0.4, 0.5) is 0 Å². The van der Waals surface area contributed by atoms with Gasteiger partial charge in [-0.3, -0.25) is 14.4 Å². The number of allylic oxidation sites excluding steroid dienone is 2. The van der Waals surface area contributed by atoms with Crippen LogP contribution in [0.25, 0.3) is 5.57 Å².